The molecule has 0 saturated carbocycles. The Hall–Kier alpha value is -1.23. The summed E-state index contributed by atoms with van der Waals surface area (Å²) < 4.78 is 11.6. The minimum atomic E-state index is -1.20. The number of hydrogen-bond donors (Lipinski definition) is 1. The molecule has 0 bridgehead atoms. The SMILES string of the molecule is O=C1NCC[S+]([O-])/C1=C/C=C/c1cccc(Cl)c1. The molecule has 0 spiro atoms. The van der Waals surface area contributed by atoms with Gasteiger partial charge in [0.05, 0.1) is 6.54 Å². The van der Waals surface area contributed by atoms with Gasteiger partial charge in [-0.15, -0.1) is 0 Å². The van der Waals surface area contributed by atoms with Crippen molar-refractivity contribution in [2.45, 2.75) is 0 Å². The topological polar surface area (TPSA) is 52.2 Å². The summed E-state index contributed by atoms with van der Waals surface area (Å²) in [5.41, 5.74) is 0.932. The summed E-state index contributed by atoms with van der Waals surface area (Å²) >= 11 is 4.66. The number of benzene rings is 1. The number of allylic oxidation sites excluding steroid dienone is 2. The zero-order valence-corrected chi connectivity index (χ0v) is 11.1. The molecule has 0 radical (unpaired) electrons. The zero-order chi connectivity index (χ0) is 13.0. The number of halogens is 1. The maximum absolute atomic E-state index is 11.6. The van der Waals surface area contributed by atoms with E-state index in [1.807, 2.05) is 24.3 Å². The second-order valence-electron chi connectivity index (χ2n) is 3.75. The lowest BCUT2D eigenvalue weighted by Crippen LogP contribution is -2.39. The molecule has 1 aromatic carbocycles. The third-order valence-electron chi connectivity index (χ3n) is 2.43. The lowest BCUT2D eigenvalue weighted by atomic mass is 10.2. The Morgan fingerprint density at radius 3 is 3.00 bits per heavy atom. The van der Waals surface area contributed by atoms with Crippen LogP contribution in [0.15, 0.2) is 41.3 Å². The summed E-state index contributed by atoms with van der Waals surface area (Å²) in [6.45, 7) is 0.473. The van der Waals surface area contributed by atoms with E-state index in [4.69, 9.17) is 11.6 Å². The van der Waals surface area contributed by atoms with Crippen LogP contribution in [0.5, 0.6) is 0 Å². The molecule has 1 aliphatic rings. The highest BCUT2D eigenvalue weighted by Crippen LogP contribution is 2.14. The number of nitrogens with one attached hydrogen (secondary N) is 1. The first-order chi connectivity index (χ1) is 8.66. The van der Waals surface area contributed by atoms with E-state index in [9.17, 15) is 9.35 Å². The van der Waals surface area contributed by atoms with Crippen molar-refractivity contribution in [2.75, 3.05) is 12.3 Å². The second-order valence-corrected chi connectivity index (χ2v) is 5.73. The minimum absolute atomic E-state index is 0.254. The molecule has 2 rings (SSSR count). The van der Waals surface area contributed by atoms with Gasteiger partial charge in [0, 0.05) is 5.02 Å². The smallest absolute Gasteiger partial charge is 0.299 e. The maximum atomic E-state index is 11.6. The van der Waals surface area contributed by atoms with Gasteiger partial charge in [-0.2, -0.15) is 0 Å². The molecule has 1 atom stereocenters. The molecule has 1 N–H and O–H groups in total. The fourth-order valence-electron chi connectivity index (χ4n) is 1.57. The van der Waals surface area contributed by atoms with Gasteiger partial charge < -0.3 is 9.87 Å². The van der Waals surface area contributed by atoms with Crippen molar-refractivity contribution in [3.63, 3.8) is 0 Å². The number of carbonyl (C=O) groups excluding carboxylic acids is 1. The highest BCUT2D eigenvalue weighted by atomic mass is 35.5. The molecule has 1 aliphatic heterocycles. The highest BCUT2D eigenvalue weighted by molar-refractivity contribution is 7.96. The second kappa shape index (κ2) is 6.09. The van der Waals surface area contributed by atoms with Gasteiger partial charge in [0.25, 0.3) is 5.91 Å². The van der Waals surface area contributed by atoms with Crippen molar-refractivity contribution in [3.05, 3.63) is 51.9 Å². The monoisotopic (exact) mass is 281 g/mol. The molecule has 1 fully saturated rings. The normalized spacial score (nSPS) is 22.4. The van der Waals surface area contributed by atoms with Crippen LogP contribution in [-0.2, 0) is 16.0 Å². The Bertz CT molecular complexity index is 513. The van der Waals surface area contributed by atoms with Crippen LogP contribution in [0.1, 0.15) is 5.56 Å². The number of amides is 1. The summed E-state index contributed by atoms with van der Waals surface area (Å²) in [4.78, 5) is 11.8. The van der Waals surface area contributed by atoms with Crippen molar-refractivity contribution in [2.24, 2.45) is 0 Å². The first-order valence-electron chi connectivity index (χ1n) is 5.47. The molecular weight excluding hydrogens is 270 g/mol. The van der Waals surface area contributed by atoms with Gasteiger partial charge in [0.2, 0.25) is 4.91 Å². The Balaban J connectivity index is 2.11. The molecule has 1 saturated heterocycles. The average molecular weight is 282 g/mol. The van der Waals surface area contributed by atoms with Gasteiger partial charge in [0.1, 0.15) is 5.75 Å². The Morgan fingerprint density at radius 1 is 1.44 bits per heavy atom. The van der Waals surface area contributed by atoms with E-state index in [2.05, 4.69) is 5.32 Å². The average Bonchev–Trinajstić information content (AvgIpc) is 2.33. The maximum Gasteiger partial charge on any atom is 0.299 e. The Labute approximate surface area is 114 Å². The fraction of sp³-hybridized carbons (Fsp3) is 0.154. The van der Waals surface area contributed by atoms with E-state index in [1.165, 1.54) is 0 Å². The number of rotatable bonds is 2. The predicted octanol–water partition coefficient (Wildman–Crippen LogP) is 2.12. The van der Waals surface area contributed by atoms with Gasteiger partial charge in [0.15, 0.2) is 0 Å². The standard InChI is InChI=1S/C13H12ClNO2S/c14-11-5-1-3-10(9-11)4-2-6-12-13(16)15-7-8-18(12)17/h1-6,9H,7-8H2,(H,15,16)/b4-2+,12-6+. The first-order valence-corrected chi connectivity index (χ1v) is 7.17. The van der Waals surface area contributed by atoms with Gasteiger partial charge in [-0.3, -0.25) is 4.79 Å². The van der Waals surface area contributed by atoms with Crippen molar-refractivity contribution in [1.29, 1.82) is 0 Å². The summed E-state index contributed by atoms with van der Waals surface area (Å²) in [6.07, 6.45) is 5.12. The van der Waals surface area contributed by atoms with Crippen LogP contribution >= 0.6 is 11.6 Å². The third kappa shape index (κ3) is 3.38. The molecule has 1 unspecified atom stereocenters. The van der Waals surface area contributed by atoms with Crippen LogP contribution in [0, 0.1) is 0 Å². The predicted molar refractivity (Wildman–Crippen MR) is 74.6 cm³/mol. The van der Waals surface area contributed by atoms with Crippen LogP contribution < -0.4 is 5.32 Å². The van der Waals surface area contributed by atoms with E-state index in [1.54, 1.807) is 18.2 Å². The molecular formula is C13H12ClNO2S. The van der Waals surface area contributed by atoms with E-state index in [0.29, 0.717) is 22.2 Å². The molecule has 1 heterocycles. The number of carbonyl (C=O) groups is 1. The van der Waals surface area contributed by atoms with Crippen molar-refractivity contribution in [3.8, 4) is 0 Å². The molecule has 94 valence electrons. The van der Waals surface area contributed by atoms with Crippen LogP contribution in [-0.4, -0.2) is 22.8 Å². The number of hydrogen-bond acceptors (Lipinski definition) is 2. The first kappa shape index (κ1) is 13.2. The fourth-order valence-corrected chi connectivity index (χ4v) is 2.78. The quantitative estimate of drug-likeness (QED) is 0.667. The molecule has 0 aromatic heterocycles. The Morgan fingerprint density at radius 2 is 2.28 bits per heavy atom. The van der Waals surface area contributed by atoms with Crippen molar-refractivity contribution < 1.29 is 9.35 Å². The van der Waals surface area contributed by atoms with Gasteiger partial charge in [-0.1, -0.05) is 35.9 Å². The van der Waals surface area contributed by atoms with Crippen molar-refractivity contribution in [1.82, 2.24) is 5.32 Å². The summed E-state index contributed by atoms with van der Waals surface area (Å²) in [7, 11) is 0. The molecule has 5 heteroatoms. The van der Waals surface area contributed by atoms with E-state index >= 15 is 0 Å². The molecule has 3 nitrogen and oxygen atoms in total. The van der Waals surface area contributed by atoms with E-state index < -0.39 is 11.2 Å². The van der Waals surface area contributed by atoms with E-state index in [-0.39, 0.29) is 5.91 Å². The molecule has 1 amide bonds. The van der Waals surface area contributed by atoms with Gasteiger partial charge >= 0.3 is 0 Å². The Kier molecular flexibility index (Phi) is 4.47. The minimum Gasteiger partial charge on any atom is -0.611 e. The van der Waals surface area contributed by atoms with E-state index in [0.717, 1.165) is 5.56 Å². The molecule has 0 aliphatic carbocycles. The summed E-state index contributed by atoms with van der Waals surface area (Å²) in [6, 6.07) is 7.36. The summed E-state index contributed by atoms with van der Waals surface area (Å²) in [5, 5.41) is 3.32. The third-order valence-corrected chi connectivity index (χ3v) is 4.05. The van der Waals surface area contributed by atoms with Crippen molar-refractivity contribution >= 4 is 34.8 Å². The van der Waals surface area contributed by atoms with Gasteiger partial charge in [-0.05, 0) is 34.9 Å². The highest BCUT2D eigenvalue weighted by Gasteiger charge is 2.26. The summed E-state index contributed by atoms with van der Waals surface area (Å²) in [5.74, 6) is 0.220. The van der Waals surface area contributed by atoms with Crippen LogP contribution in [0.4, 0.5) is 0 Å². The van der Waals surface area contributed by atoms with Crippen LogP contribution in [0.3, 0.4) is 0 Å². The van der Waals surface area contributed by atoms with Crippen LogP contribution in [0.2, 0.25) is 5.02 Å². The lowest BCUT2D eigenvalue weighted by Gasteiger charge is -2.18. The zero-order valence-electron chi connectivity index (χ0n) is 9.56. The van der Waals surface area contributed by atoms with Crippen LogP contribution in [0.25, 0.3) is 6.08 Å². The lowest BCUT2D eigenvalue weighted by molar-refractivity contribution is -0.116. The largest absolute Gasteiger partial charge is 0.611 e. The van der Waals surface area contributed by atoms with Gasteiger partial charge in [-0.25, -0.2) is 0 Å². The molecule has 1 aromatic rings. The molecule has 18 heavy (non-hydrogen) atoms.